The van der Waals surface area contributed by atoms with E-state index in [9.17, 15) is 0 Å². The normalized spacial score (nSPS) is 14.2. The van der Waals surface area contributed by atoms with Gasteiger partial charge in [0, 0.05) is 23.6 Å². The van der Waals surface area contributed by atoms with E-state index in [1.807, 2.05) is 24.3 Å². The van der Waals surface area contributed by atoms with Crippen molar-refractivity contribution >= 4 is 10.8 Å². The van der Waals surface area contributed by atoms with Gasteiger partial charge in [0.15, 0.2) is 35.7 Å². The van der Waals surface area contributed by atoms with Gasteiger partial charge in [-0.2, -0.15) is 4.57 Å². The summed E-state index contributed by atoms with van der Waals surface area (Å²) < 4.78 is 30.1. The van der Waals surface area contributed by atoms with Crippen LogP contribution in [0.5, 0.6) is 28.7 Å². The van der Waals surface area contributed by atoms with Crippen LogP contribution < -0.4 is 28.3 Å². The van der Waals surface area contributed by atoms with Crippen LogP contribution in [0, 0.1) is 0 Å². The first kappa shape index (κ1) is 15.1. The average molecular weight is 352 g/mol. The van der Waals surface area contributed by atoms with E-state index in [4.69, 9.17) is 23.7 Å². The number of pyridine rings is 1. The Balaban J connectivity index is 1.75. The molecule has 3 aromatic rings. The number of aromatic nitrogens is 1. The molecule has 0 amide bonds. The van der Waals surface area contributed by atoms with E-state index < -0.39 is 0 Å². The van der Waals surface area contributed by atoms with Crippen LogP contribution >= 0.6 is 0 Å². The Morgan fingerprint density at radius 2 is 1.54 bits per heavy atom. The zero-order valence-electron chi connectivity index (χ0n) is 14.6. The first-order valence-corrected chi connectivity index (χ1v) is 8.43. The van der Waals surface area contributed by atoms with E-state index in [0.717, 1.165) is 45.8 Å². The Morgan fingerprint density at radius 3 is 2.31 bits per heavy atom. The van der Waals surface area contributed by atoms with Gasteiger partial charge >= 0.3 is 0 Å². The van der Waals surface area contributed by atoms with Gasteiger partial charge in [-0.3, -0.25) is 0 Å². The first-order valence-electron chi connectivity index (χ1n) is 8.43. The average Bonchev–Trinajstić information content (AvgIpc) is 3.05. The Bertz CT molecular complexity index is 1030. The van der Waals surface area contributed by atoms with Crippen LogP contribution in [-0.4, -0.2) is 27.6 Å². The van der Waals surface area contributed by atoms with Crippen molar-refractivity contribution in [3.05, 3.63) is 36.5 Å². The number of benzene rings is 2. The summed E-state index contributed by atoms with van der Waals surface area (Å²) in [4.78, 5) is 0. The lowest BCUT2D eigenvalue weighted by Gasteiger charge is -2.10. The minimum atomic E-state index is 0.243. The molecule has 0 radical (unpaired) electrons. The van der Waals surface area contributed by atoms with Crippen molar-refractivity contribution in [2.45, 2.75) is 6.54 Å². The third-order valence-corrected chi connectivity index (χ3v) is 4.83. The molecule has 1 aromatic heterocycles. The minimum Gasteiger partial charge on any atom is -0.493 e. The molecule has 2 aliphatic heterocycles. The second-order valence-corrected chi connectivity index (χ2v) is 6.24. The van der Waals surface area contributed by atoms with Crippen LogP contribution in [0.1, 0.15) is 0 Å². The summed E-state index contributed by atoms with van der Waals surface area (Å²) in [5.74, 6) is 3.70. The molecule has 3 heterocycles. The third kappa shape index (κ3) is 2.22. The lowest BCUT2D eigenvalue weighted by Crippen LogP contribution is -2.37. The van der Waals surface area contributed by atoms with E-state index >= 15 is 0 Å². The third-order valence-electron chi connectivity index (χ3n) is 4.83. The largest absolute Gasteiger partial charge is 0.493 e. The molecular weight excluding hydrogens is 334 g/mol. The van der Waals surface area contributed by atoms with Crippen molar-refractivity contribution in [1.82, 2.24) is 0 Å². The topological polar surface area (TPSA) is 50.0 Å². The zero-order chi connectivity index (χ0) is 17.7. The molecule has 0 unspecified atom stereocenters. The first-order chi connectivity index (χ1) is 12.8. The molecule has 2 aliphatic rings. The number of hydrogen-bond acceptors (Lipinski definition) is 5. The fourth-order valence-corrected chi connectivity index (χ4v) is 3.53. The van der Waals surface area contributed by atoms with Crippen molar-refractivity contribution in [2.75, 3.05) is 27.6 Å². The standard InChI is InChI=1S/C20H18NO5/c1-22-17-6-12-5-15-14-8-19-20(26-11-25-19)9-16(14)24-4-3-21(15)10-13(12)7-18(17)23-2/h5-10H,3-4,11H2,1-2H3/q+1. The lowest BCUT2D eigenvalue weighted by molar-refractivity contribution is -0.684. The molecule has 6 heteroatoms. The number of fused-ring (bicyclic) bond motifs is 5. The summed E-state index contributed by atoms with van der Waals surface area (Å²) in [6.07, 6.45) is 2.12. The van der Waals surface area contributed by atoms with Gasteiger partial charge in [-0.1, -0.05) is 0 Å². The molecule has 0 fully saturated rings. The van der Waals surface area contributed by atoms with E-state index in [0.29, 0.717) is 18.1 Å². The molecule has 0 atom stereocenters. The van der Waals surface area contributed by atoms with Crippen LogP contribution in [0.2, 0.25) is 0 Å². The van der Waals surface area contributed by atoms with Crippen LogP contribution in [0.4, 0.5) is 0 Å². The SMILES string of the molecule is COc1cc2cc3[n+](cc2cc1OC)CCOc1cc2c(cc1-3)OCO2. The highest BCUT2D eigenvalue weighted by Crippen LogP contribution is 2.43. The highest BCUT2D eigenvalue weighted by Gasteiger charge is 2.27. The summed E-state index contributed by atoms with van der Waals surface area (Å²) in [6, 6.07) is 10.0. The maximum Gasteiger partial charge on any atom is 0.231 e. The minimum absolute atomic E-state index is 0.243. The van der Waals surface area contributed by atoms with Gasteiger partial charge in [0.2, 0.25) is 12.5 Å². The highest BCUT2D eigenvalue weighted by molar-refractivity contribution is 5.88. The van der Waals surface area contributed by atoms with Gasteiger partial charge in [0.1, 0.15) is 12.4 Å². The second kappa shape index (κ2) is 5.69. The fourth-order valence-electron chi connectivity index (χ4n) is 3.53. The van der Waals surface area contributed by atoms with Gasteiger partial charge in [-0.05, 0) is 17.5 Å². The number of rotatable bonds is 2. The quantitative estimate of drug-likeness (QED) is 0.664. The van der Waals surface area contributed by atoms with Gasteiger partial charge in [0.25, 0.3) is 0 Å². The van der Waals surface area contributed by atoms with E-state index in [-0.39, 0.29) is 6.79 Å². The van der Waals surface area contributed by atoms with Gasteiger partial charge < -0.3 is 23.7 Å². The van der Waals surface area contributed by atoms with E-state index in [1.165, 1.54) is 0 Å². The van der Waals surface area contributed by atoms with Crippen molar-refractivity contribution in [3.8, 4) is 40.0 Å². The van der Waals surface area contributed by atoms with Crippen LogP contribution in [-0.2, 0) is 6.54 Å². The summed E-state index contributed by atoms with van der Waals surface area (Å²) in [5, 5.41) is 2.15. The van der Waals surface area contributed by atoms with E-state index in [2.05, 4.69) is 16.8 Å². The molecule has 5 rings (SSSR count). The Hall–Kier alpha value is -3.15. The predicted octanol–water partition coefficient (Wildman–Crippen LogP) is 2.93. The maximum atomic E-state index is 5.97. The summed E-state index contributed by atoms with van der Waals surface area (Å²) in [6.45, 7) is 1.58. The van der Waals surface area contributed by atoms with Crippen molar-refractivity contribution in [1.29, 1.82) is 0 Å². The molecule has 0 spiro atoms. The summed E-state index contributed by atoms with van der Waals surface area (Å²) in [7, 11) is 3.29. The van der Waals surface area contributed by atoms with Gasteiger partial charge in [-0.15, -0.1) is 0 Å². The second-order valence-electron chi connectivity index (χ2n) is 6.24. The molecule has 0 saturated carbocycles. The Kier molecular flexibility index (Phi) is 3.31. The van der Waals surface area contributed by atoms with Crippen molar-refractivity contribution in [2.24, 2.45) is 0 Å². The van der Waals surface area contributed by atoms with Crippen LogP contribution in [0.3, 0.4) is 0 Å². The Morgan fingerprint density at radius 1 is 0.808 bits per heavy atom. The van der Waals surface area contributed by atoms with Crippen molar-refractivity contribution in [3.63, 3.8) is 0 Å². The van der Waals surface area contributed by atoms with Gasteiger partial charge in [0.05, 0.1) is 19.8 Å². The predicted molar refractivity (Wildman–Crippen MR) is 94.3 cm³/mol. The molecule has 6 nitrogen and oxygen atoms in total. The fraction of sp³-hybridized carbons (Fsp3) is 0.250. The summed E-state index contributed by atoms with van der Waals surface area (Å²) in [5.41, 5.74) is 2.05. The van der Waals surface area contributed by atoms with E-state index in [1.54, 1.807) is 14.2 Å². The smallest absolute Gasteiger partial charge is 0.231 e. The zero-order valence-corrected chi connectivity index (χ0v) is 14.6. The van der Waals surface area contributed by atoms with Crippen LogP contribution in [0.25, 0.3) is 22.0 Å². The maximum absolute atomic E-state index is 5.97. The molecule has 0 aliphatic carbocycles. The molecule has 2 aromatic carbocycles. The molecule has 0 bridgehead atoms. The Labute approximate surface area is 150 Å². The number of methoxy groups -OCH3 is 2. The molecular formula is C20H18NO5+. The number of nitrogens with zero attached hydrogens (tertiary/aromatic N) is 1. The summed E-state index contributed by atoms with van der Waals surface area (Å²) >= 11 is 0. The number of ether oxygens (including phenoxy) is 5. The number of hydrogen-bond donors (Lipinski definition) is 0. The molecule has 0 N–H and O–H groups in total. The van der Waals surface area contributed by atoms with Crippen molar-refractivity contribution < 1.29 is 28.3 Å². The highest BCUT2D eigenvalue weighted by atomic mass is 16.7. The molecule has 26 heavy (non-hydrogen) atoms. The molecule has 132 valence electrons. The lowest BCUT2D eigenvalue weighted by atomic mass is 10.0. The van der Waals surface area contributed by atoms with Crippen LogP contribution in [0.15, 0.2) is 36.5 Å². The monoisotopic (exact) mass is 352 g/mol. The molecule has 0 saturated heterocycles. The van der Waals surface area contributed by atoms with Gasteiger partial charge in [-0.25, -0.2) is 0 Å².